The van der Waals surface area contributed by atoms with Crippen molar-refractivity contribution in [1.29, 1.82) is 0 Å². The van der Waals surface area contributed by atoms with Gasteiger partial charge in [-0.05, 0) is 38.1 Å². The molecule has 1 aromatic carbocycles. The molecular weight excluding hydrogens is 396 g/mol. The molecular formula is C22H30N6OS. The lowest BCUT2D eigenvalue weighted by Gasteiger charge is -2.17. The maximum Gasteiger partial charge on any atom is 0.253 e. The van der Waals surface area contributed by atoms with Crippen LogP contribution in [0.2, 0.25) is 0 Å². The van der Waals surface area contributed by atoms with E-state index in [-0.39, 0.29) is 5.91 Å². The fourth-order valence-electron chi connectivity index (χ4n) is 3.38. The number of aromatic nitrogens is 4. The Morgan fingerprint density at radius 2 is 1.87 bits per heavy atom. The van der Waals surface area contributed by atoms with Crippen molar-refractivity contribution in [3.8, 4) is 0 Å². The SMILES string of the molecule is CCN(CC)CCNC(=O)CSc1nc2nc(C)c(Cc3ccccc3)c(C)n2n1. The lowest BCUT2D eigenvalue weighted by atomic mass is 10.0. The van der Waals surface area contributed by atoms with Gasteiger partial charge in [0.15, 0.2) is 0 Å². The fourth-order valence-corrected chi connectivity index (χ4v) is 4.03. The van der Waals surface area contributed by atoms with Gasteiger partial charge in [-0.3, -0.25) is 4.79 Å². The van der Waals surface area contributed by atoms with Crippen LogP contribution < -0.4 is 5.32 Å². The third-order valence-electron chi connectivity index (χ3n) is 5.23. The van der Waals surface area contributed by atoms with Crippen molar-refractivity contribution >= 4 is 23.4 Å². The molecule has 3 aromatic rings. The van der Waals surface area contributed by atoms with E-state index in [1.165, 1.54) is 17.3 Å². The molecule has 1 N–H and O–H groups in total. The third kappa shape index (κ3) is 5.58. The lowest BCUT2D eigenvalue weighted by molar-refractivity contribution is -0.118. The first-order chi connectivity index (χ1) is 14.5. The molecule has 2 heterocycles. The van der Waals surface area contributed by atoms with E-state index < -0.39 is 0 Å². The van der Waals surface area contributed by atoms with Gasteiger partial charge in [0.2, 0.25) is 11.1 Å². The van der Waals surface area contributed by atoms with Gasteiger partial charge in [0, 0.05) is 30.9 Å². The molecule has 3 rings (SSSR count). The van der Waals surface area contributed by atoms with Crippen LogP contribution in [-0.4, -0.2) is 62.3 Å². The summed E-state index contributed by atoms with van der Waals surface area (Å²) in [6.45, 7) is 11.8. The van der Waals surface area contributed by atoms with E-state index in [2.05, 4.69) is 51.3 Å². The number of carbonyl (C=O) groups excluding carboxylic acids is 1. The number of carbonyl (C=O) groups is 1. The van der Waals surface area contributed by atoms with Gasteiger partial charge in [-0.2, -0.15) is 4.98 Å². The van der Waals surface area contributed by atoms with E-state index in [0.29, 0.717) is 23.2 Å². The Morgan fingerprint density at radius 3 is 2.57 bits per heavy atom. The lowest BCUT2D eigenvalue weighted by Crippen LogP contribution is -2.35. The Bertz CT molecular complexity index is 984. The maximum absolute atomic E-state index is 12.1. The summed E-state index contributed by atoms with van der Waals surface area (Å²) in [5, 5.41) is 8.11. The predicted molar refractivity (Wildman–Crippen MR) is 121 cm³/mol. The number of amides is 1. The number of nitrogens with zero attached hydrogens (tertiary/aromatic N) is 5. The van der Waals surface area contributed by atoms with Crippen LogP contribution in [0, 0.1) is 13.8 Å². The van der Waals surface area contributed by atoms with Crippen LogP contribution in [0.4, 0.5) is 0 Å². The molecule has 1 amide bonds. The van der Waals surface area contributed by atoms with Crippen LogP contribution in [0.25, 0.3) is 5.78 Å². The number of nitrogens with one attached hydrogen (secondary N) is 1. The molecule has 0 aliphatic carbocycles. The number of hydrogen-bond acceptors (Lipinski definition) is 6. The van der Waals surface area contributed by atoms with Crippen LogP contribution >= 0.6 is 11.8 Å². The molecule has 0 aliphatic heterocycles. The number of aryl methyl sites for hydroxylation is 2. The van der Waals surface area contributed by atoms with Gasteiger partial charge < -0.3 is 10.2 Å². The van der Waals surface area contributed by atoms with E-state index in [1.54, 1.807) is 4.52 Å². The second-order valence-corrected chi connectivity index (χ2v) is 8.14. The van der Waals surface area contributed by atoms with Gasteiger partial charge >= 0.3 is 0 Å². The summed E-state index contributed by atoms with van der Waals surface area (Å²) < 4.78 is 1.78. The monoisotopic (exact) mass is 426 g/mol. The summed E-state index contributed by atoms with van der Waals surface area (Å²) in [7, 11) is 0. The van der Waals surface area contributed by atoms with Crippen LogP contribution in [0.3, 0.4) is 0 Å². The minimum absolute atomic E-state index is 0.00311. The average Bonchev–Trinajstić information content (AvgIpc) is 3.16. The molecule has 160 valence electrons. The van der Waals surface area contributed by atoms with E-state index in [0.717, 1.165) is 43.0 Å². The molecule has 7 nitrogen and oxygen atoms in total. The molecule has 0 spiro atoms. The number of thioether (sulfide) groups is 1. The molecule has 0 aliphatic rings. The van der Waals surface area contributed by atoms with Crippen LogP contribution in [-0.2, 0) is 11.2 Å². The highest BCUT2D eigenvalue weighted by atomic mass is 32.2. The number of likely N-dealkylation sites (N-methyl/N-ethyl adjacent to an activating group) is 1. The van der Waals surface area contributed by atoms with Gasteiger partial charge in [-0.15, -0.1) is 5.10 Å². The van der Waals surface area contributed by atoms with E-state index >= 15 is 0 Å². The zero-order chi connectivity index (χ0) is 21.5. The molecule has 30 heavy (non-hydrogen) atoms. The molecule has 0 bridgehead atoms. The number of fused-ring (bicyclic) bond motifs is 1. The van der Waals surface area contributed by atoms with E-state index in [1.807, 2.05) is 32.0 Å². The summed E-state index contributed by atoms with van der Waals surface area (Å²) in [6.07, 6.45) is 0.804. The van der Waals surface area contributed by atoms with Gasteiger partial charge in [0.1, 0.15) is 0 Å². The molecule has 0 saturated heterocycles. The van der Waals surface area contributed by atoms with Gasteiger partial charge in [0.25, 0.3) is 5.78 Å². The molecule has 0 fully saturated rings. The van der Waals surface area contributed by atoms with Crippen molar-refractivity contribution in [2.45, 2.75) is 39.3 Å². The topological polar surface area (TPSA) is 75.4 Å². The Hall–Kier alpha value is -2.45. The minimum Gasteiger partial charge on any atom is -0.354 e. The maximum atomic E-state index is 12.1. The smallest absolute Gasteiger partial charge is 0.253 e. The van der Waals surface area contributed by atoms with Gasteiger partial charge in [0.05, 0.1) is 5.75 Å². The van der Waals surface area contributed by atoms with Crippen LogP contribution in [0.1, 0.15) is 36.4 Å². The van der Waals surface area contributed by atoms with Crippen molar-refractivity contribution < 1.29 is 4.79 Å². The molecule has 0 saturated carbocycles. The molecule has 0 unspecified atom stereocenters. The second-order valence-electron chi connectivity index (χ2n) is 7.20. The van der Waals surface area contributed by atoms with Gasteiger partial charge in [-0.25, -0.2) is 9.50 Å². The molecule has 8 heteroatoms. The van der Waals surface area contributed by atoms with Crippen LogP contribution in [0.15, 0.2) is 35.5 Å². The second kappa shape index (κ2) is 10.5. The quantitative estimate of drug-likeness (QED) is 0.503. The predicted octanol–water partition coefficient (Wildman–Crippen LogP) is 2.88. The minimum atomic E-state index is -0.00311. The first kappa shape index (κ1) is 22.2. The summed E-state index contributed by atoms with van der Waals surface area (Å²) in [6, 6.07) is 10.3. The van der Waals surface area contributed by atoms with Gasteiger partial charge in [-0.1, -0.05) is 55.9 Å². The molecule has 2 aromatic heterocycles. The number of benzene rings is 1. The summed E-state index contributed by atoms with van der Waals surface area (Å²) in [5.41, 5.74) is 4.39. The van der Waals surface area contributed by atoms with E-state index in [4.69, 9.17) is 0 Å². The average molecular weight is 427 g/mol. The first-order valence-electron chi connectivity index (χ1n) is 10.4. The summed E-state index contributed by atoms with van der Waals surface area (Å²) in [5.74, 6) is 0.868. The highest BCUT2D eigenvalue weighted by Crippen LogP contribution is 2.20. The first-order valence-corrected chi connectivity index (χ1v) is 11.4. The Kier molecular flexibility index (Phi) is 7.81. The van der Waals surface area contributed by atoms with Crippen molar-refractivity contribution in [1.82, 2.24) is 29.8 Å². The zero-order valence-electron chi connectivity index (χ0n) is 18.2. The summed E-state index contributed by atoms with van der Waals surface area (Å²) >= 11 is 1.34. The van der Waals surface area contributed by atoms with Crippen molar-refractivity contribution in [3.63, 3.8) is 0 Å². The van der Waals surface area contributed by atoms with E-state index in [9.17, 15) is 4.79 Å². The highest BCUT2D eigenvalue weighted by Gasteiger charge is 2.15. The third-order valence-corrected chi connectivity index (χ3v) is 6.07. The Morgan fingerprint density at radius 1 is 1.13 bits per heavy atom. The standard InChI is InChI=1S/C22H30N6OS/c1-5-27(6-2)13-12-23-20(29)15-30-22-25-21-24-16(3)19(17(4)28(21)26-22)14-18-10-8-7-9-11-18/h7-11H,5-6,12-15H2,1-4H3,(H,23,29). The Labute approximate surface area is 182 Å². The zero-order valence-corrected chi connectivity index (χ0v) is 19.0. The van der Waals surface area contributed by atoms with Crippen molar-refractivity contribution in [2.75, 3.05) is 31.9 Å². The van der Waals surface area contributed by atoms with Crippen molar-refractivity contribution in [3.05, 3.63) is 52.8 Å². The number of rotatable bonds is 10. The van der Waals surface area contributed by atoms with Crippen LogP contribution in [0.5, 0.6) is 0 Å². The largest absolute Gasteiger partial charge is 0.354 e. The molecule has 0 radical (unpaired) electrons. The Balaban J connectivity index is 1.64. The molecule has 0 atom stereocenters. The number of hydrogen-bond donors (Lipinski definition) is 1. The normalized spacial score (nSPS) is 11.4. The van der Waals surface area contributed by atoms with Crippen molar-refractivity contribution in [2.24, 2.45) is 0 Å². The summed E-state index contributed by atoms with van der Waals surface area (Å²) in [4.78, 5) is 23.6. The highest BCUT2D eigenvalue weighted by molar-refractivity contribution is 7.99. The fraction of sp³-hybridized carbons (Fsp3) is 0.455.